The quantitative estimate of drug-likeness (QED) is 0.331. The van der Waals surface area contributed by atoms with Gasteiger partial charge in [0.1, 0.15) is 17.4 Å². The van der Waals surface area contributed by atoms with Gasteiger partial charge in [-0.05, 0) is 50.5 Å². The SMILES string of the molecule is CCOC(=O)c1cc(CC)sc1NC(=O)CSc1nnc(COc2cc(C)ccc2C)n1C. The van der Waals surface area contributed by atoms with Gasteiger partial charge < -0.3 is 19.4 Å². The zero-order chi connectivity index (χ0) is 24.0. The van der Waals surface area contributed by atoms with Crippen molar-refractivity contribution in [1.82, 2.24) is 14.8 Å². The van der Waals surface area contributed by atoms with E-state index in [-0.39, 0.29) is 24.9 Å². The Balaban J connectivity index is 1.59. The van der Waals surface area contributed by atoms with Crippen molar-refractivity contribution in [3.63, 3.8) is 0 Å². The standard InChI is InChI=1S/C23H28N4O4S2/c1-6-16-11-17(22(29)30-7-2)21(33-16)24-20(28)13-32-23-26-25-19(27(23)5)12-31-18-10-14(3)8-9-15(18)4/h8-11H,6-7,12-13H2,1-5H3,(H,24,28). The minimum atomic E-state index is -0.432. The van der Waals surface area contributed by atoms with Crippen molar-refractivity contribution in [2.24, 2.45) is 7.05 Å². The number of benzene rings is 1. The van der Waals surface area contributed by atoms with Crippen LogP contribution >= 0.6 is 23.1 Å². The van der Waals surface area contributed by atoms with Crippen molar-refractivity contribution < 1.29 is 19.1 Å². The van der Waals surface area contributed by atoms with Crippen LogP contribution in [0.3, 0.4) is 0 Å². The largest absolute Gasteiger partial charge is 0.485 e. The van der Waals surface area contributed by atoms with Gasteiger partial charge in [-0.3, -0.25) is 4.79 Å². The number of aromatic nitrogens is 3. The molecule has 0 radical (unpaired) electrons. The molecule has 0 aliphatic carbocycles. The van der Waals surface area contributed by atoms with Crippen LogP contribution in [-0.4, -0.2) is 39.0 Å². The van der Waals surface area contributed by atoms with Gasteiger partial charge in [0, 0.05) is 11.9 Å². The lowest BCUT2D eigenvalue weighted by atomic mass is 10.1. The topological polar surface area (TPSA) is 95.3 Å². The van der Waals surface area contributed by atoms with E-state index in [9.17, 15) is 9.59 Å². The van der Waals surface area contributed by atoms with E-state index in [1.165, 1.54) is 23.1 Å². The molecule has 2 heterocycles. The molecule has 3 rings (SSSR count). The summed E-state index contributed by atoms with van der Waals surface area (Å²) >= 11 is 2.66. The highest BCUT2D eigenvalue weighted by Gasteiger charge is 2.19. The molecular formula is C23H28N4O4S2. The first kappa shape index (κ1) is 24.8. The number of thioether (sulfide) groups is 1. The first-order valence-corrected chi connectivity index (χ1v) is 12.4. The molecule has 176 valence electrons. The third-order valence-corrected chi connectivity index (χ3v) is 7.05. The van der Waals surface area contributed by atoms with Crippen LogP contribution in [0.5, 0.6) is 5.75 Å². The lowest BCUT2D eigenvalue weighted by Crippen LogP contribution is -2.16. The molecule has 1 aromatic carbocycles. The van der Waals surface area contributed by atoms with Gasteiger partial charge in [0.2, 0.25) is 5.91 Å². The normalized spacial score (nSPS) is 10.8. The van der Waals surface area contributed by atoms with E-state index in [0.717, 1.165) is 28.2 Å². The van der Waals surface area contributed by atoms with Gasteiger partial charge in [-0.1, -0.05) is 30.8 Å². The monoisotopic (exact) mass is 488 g/mol. The number of rotatable bonds is 10. The second kappa shape index (κ2) is 11.3. The molecule has 2 aromatic heterocycles. The molecule has 0 spiro atoms. The Morgan fingerprint density at radius 1 is 1.18 bits per heavy atom. The fourth-order valence-corrected chi connectivity index (χ4v) is 4.69. The summed E-state index contributed by atoms with van der Waals surface area (Å²) in [6.07, 6.45) is 0.771. The highest BCUT2D eigenvalue weighted by Crippen LogP contribution is 2.30. The second-order valence-corrected chi connectivity index (χ2v) is 9.46. The number of aryl methyl sites for hydroxylation is 3. The minimum absolute atomic E-state index is 0.130. The van der Waals surface area contributed by atoms with Gasteiger partial charge in [-0.25, -0.2) is 4.79 Å². The molecule has 0 saturated carbocycles. The van der Waals surface area contributed by atoms with Crippen LogP contribution in [0.1, 0.15) is 46.0 Å². The Morgan fingerprint density at radius 3 is 2.70 bits per heavy atom. The number of nitrogens with one attached hydrogen (secondary N) is 1. The summed E-state index contributed by atoms with van der Waals surface area (Å²) in [6, 6.07) is 7.83. The maximum absolute atomic E-state index is 12.6. The third-order valence-electron chi connectivity index (χ3n) is 4.84. The third kappa shape index (κ3) is 6.35. The Morgan fingerprint density at radius 2 is 1.97 bits per heavy atom. The Labute approximate surface area is 201 Å². The maximum atomic E-state index is 12.6. The minimum Gasteiger partial charge on any atom is -0.485 e. The first-order valence-electron chi connectivity index (χ1n) is 10.6. The molecule has 0 saturated heterocycles. The molecule has 8 nitrogen and oxygen atoms in total. The molecule has 1 N–H and O–H groups in total. The van der Waals surface area contributed by atoms with Crippen molar-refractivity contribution in [3.8, 4) is 5.75 Å². The fourth-order valence-electron chi connectivity index (χ4n) is 2.96. The van der Waals surface area contributed by atoms with Gasteiger partial charge in [0.15, 0.2) is 11.0 Å². The van der Waals surface area contributed by atoms with E-state index in [2.05, 4.69) is 15.5 Å². The summed E-state index contributed by atoms with van der Waals surface area (Å²) in [7, 11) is 1.84. The van der Waals surface area contributed by atoms with E-state index >= 15 is 0 Å². The molecule has 0 atom stereocenters. The number of nitrogens with zero attached hydrogens (tertiary/aromatic N) is 3. The van der Waals surface area contributed by atoms with Crippen LogP contribution in [0.4, 0.5) is 5.00 Å². The van der Waals surface area contributed by atoms with E-state index in [0.29, 0.717) is 21.5 Å². The molecular weight excluding hydrogens is 460 g/mol. The Kier molecular flexibility index (Phi) is 8.51. The van der Waals surface area contributed by atoms with Crippen LogP contribution < -0.4 is 10.1 Å². The molecule has 0 unspecified atom stereocenters. The number of carbonyl (C=O) groups excluding carboxylic acids is 2. The van der Waals surface area contributed by atoms with Gasteiger partial charge in [0.25, 0.3) is 0 Å². The van der Waals surface area contributed by atoms with E-state index in [4.69, 9.17) is 9.47 Å². The highest BCUT2D eigenvalue weighted by molar-refractivity contribution is 7.99. The van der Waals surface area contributed by atoms with Crippen molar-refractivity contribution in [2.45, 2.75) is 45.9 Å². The predicted octanol–water partition coefficient (Wildman–Crippen LogP) is 4.54. The number of ether oxygens (including phenoxy) is 2. The van der Waals surface area contributed by atoms with Crippen LogP contribution in [0.25, 0.3) is 0 Å². The molecule has 0 aliphatic heterocycles. The zero-order valence-electron chi connectivity index (χ0n) is 19.4. The van der Waals surface area contributed by atoms with Crippen LogP contribution in [0.15, 0.2) is 29.4 Å². The first-order chi connectivity index (χ1) is 15.8. The van der Waals surface area contributed by atoms with Crippen LogP contribution in [0, 0.1) is 13.8 Å². The summed E-state index contributed by atoms with van der Waals surface area (Å²) in [5, 5.41) is 12.3. The number of thiophene rings is 1. The second-order valence-electron chi connectivity index (χ2n) is 7.38. The van der Waals surface area contributed by atoms with Crippen LogP contribution in [0.2, 0.25) is 0 Å². The average molecular weight is 489 g/mol. The number of hydrogen-bond donors (Lipinski definition) is 1. The molecule has 1 amide bonds. The van der Waals surface area contributed by atoms with Crippen molar-refractivity contribution in [3.05, 3.63) is 51.7 Å². The van der Waals surface area contributed by atoms with Crippen molar-refractivity contribution >= 4 is 40.0 Å². The lowest BCUT2D eigenvalue weighted by molar-refractivity contribution is -0.113. The Hall–Kier alpha value is -2.85. The zero-order valence-corrected chi connectivity index (χ0v) is 21.1. The summed E-state index contributed by atoms with van der Waals surface area (Å²) < 4.78 is 12.8. The van der Waals surface area contributed by atoms with E-state index in [1.807, 2.05) is 50.6 Å². The van der Waals surface area contributed by atoms with Gasteiger partial charge in [-0.15, -0.1) is 21.5 Å². The van der Waals surface area contributed by atoms with Gasteiger partial charge in [-0.2, -0.15) is 0 Å². The predicted molar refractivity (Wildman–Crippen MR) is 130 cm³/mol. The number of carbonyl (C=O) groups is 2. The molecule has 33 heavy (non-hydrogen) atoms. The maximum Gasteiger partial charge on any atom is 0.341 e. The molecule has 0 fully saturated rings. The van der Waals surface area contributed by atoms with E-state index < -0.39 is 5.97 Å². The van der Waals surface area contributed by atoms with Crippen molar-refractivity contribution in [2.75, 3.05) is 17.7 Å². The number of esters is 1. The van der Waals surface area contributed by atoms with Crippen LogP contribution in [-0.2, 0) is 29.6 Å². The summed E-state index contributed by atoms with van der Waals surface area (Å²) in [5.41, 5.74) is 2.57. The lowest BCUT2D eigenvalue weighted by Gasteiger charge is -2.10. The van der Waals surface area contributed by atoms with E-state index in [1.54, 1.807) is 13.0 Å². The van der Waals surface area contributed by atoms with Gasteiger partial charge in [0.05, 0.1) is 17.9 Å². The number of anilines is 1. The number of hydrogen-bond acceptors (Lipinski definition) is 8. The summed E-state index contributed by atoms with van der Waals surface area (Å²) in [6.45, 7) is 8.32. The van der Waals surface area contributed by atoms with Gasteiger partial charge >= 0.3 is 5.97 Å². The fraction of sp³-hybridized carbons (Fsp3) is 0.391. The average Bonchev–Trinajstić information content (AvgIpc) is 3.36. The molecule has 0 aliphatic rings. The summed E-state index contributed by atoms with van der Waals surface area (Å²) in [5.74, 6) is 0.941. The summed E-state index contributed by atoms with van der Waals surface area (Å²) in [4.78, 5) is 25.8. The molecule has 10 heteroatoms. The Bertz CT molecular complexity index is 1140. The highest BCUT2D eigenvalue weighted by atomic mass is 32.2. The number of amides is 1. The van der Waals surface area contributed by atoms with Crippen molar-refractivity contribution in [1.29, 1.82) is 0 Å². The molecule has 3 aromatic rings. The smallest absolute Gasteiger partial charge is 0.341 e. The molecule has 0 bridgehead atoms.